The molecule has 14 heteroatoms. The number of tetrazole rings is 1. The number of alkyl carbamates (subject to hydrolysis) is 1. The van der Waals surface area contributed by atoms with Crippen LogP contribution in [0.2, 0.25) is 0 Å². The maximum Gasteiger partial charge on any atom is 0.407 e. The number of aromatic nitrogens is 4. The second-order valence-corrected chi connectivity index (χ2v) is 15.7. The molecule has 0 unspecified atom stereocenters. The van der Waals surface area contributed by atoms with E-state index in [0.717, 1.165) is 38.9 Å². The van der Waals surface area contributed by atoms with Gasteiger partial charge in [-0.05, 0) is 49.4 Å². The molecule has 2 heterocycles. The molecule has 0 saturated carbocycles. The van der Waals surface area contributed by atoms with E-state index < -0.39 is 42.5 Å². The fourth-order valence-corrected chi connectivity index (χ4v) is 8.61. The number of benzene rings is 5. The molecule has 0 bridgehead atoms. The van der Waals surface area contributed by atoms with Gasteiger partial charge < -0.3 is 33.7 Å². The minimum Gasteiger partial charge on any atom is -0.467 e. The summed E-state index contributed by atoms with van der Waals surface area (Å²) in [6.45, 7) is 1.65. The molecule has 8 rings (SSSR count). The lowest BCUT2D eigenvalue weighted by atomic mass is 9.98. The van der Waals surface area contributed by atoms with Gasteiger partial charge in [0.1, 0.15) is 37.1 Å². The van der Waals surface area contributed by atoms with E-state index in [4.69, 9.17) is 28.4 Å². The van der Waals surface area contributed by atoms with E-state index in [9.17, 15) is 9.59 Å². The molecule has 1 N–H and O–H groups in total. The highest BCUT2D eigenvalue weighted by Gasteiger charge is 2.47. The number of hydrogen-bond acceptors (Lipinski definition) is 12. The van der Waals surface area contributed by atoms with Crippen LogP contribution in [0.4, 0.5) is 4.79 Å². The van der Waals surface area contributed by atoms with Gasteiger partial charge in [-0.2, -0.15) is 0 Å². The monoisotopic (exact) mass is 841 g/mol. The summed E-state index contributed by atoms with van der Waals surface area (Å²) in [4.78, 5) is 26.2. The maximum atomic E-state index is 13.2. The van der Waals surface area contributed by atoms with Crippen molar-refractivity contribution >= 4 is 23.8 Å². The Bertz CT molecular complexity index is 2290. The Balaban J connectivity index is 0.944. The number of nitrogens with one attached hydrogen (secondary N) is 1. The van der Waals surface area contributed by atoms with Gasteiger partial charge in [-0.3, -0.25) is 0 Å². The van der Waals surface area contributed by atoms with Gasteiger partial charge in [0.25, 0.3) is 0 Å². The SMILES string of the molecule is COC(=O)[C@H](CSc1nnnn1C[C@H]1O[C@H](COCc2ccccc2)[C@@H](OCc2ccccc2)[C@H]1OCc1ccccc1)NC(=O)OCC1c2ccccc2-c2ccccc21. The molecule has 5 atom stereocenters. The zero-order valence-electron chi connectivity index (χ0n) is 33.7. The van der Waals surface area contributed by atoms with Crippen molar-refractivity contribution in [3.05, 3.63) is 167 Å². The summed E-state index contributed by atoms with van der Waals surface area (Å²) in [6.07, 6.45) is -2.79. The Morgan fingerprint density at radius 2 is 1.25 bits per heavy atom. The molecule has 1 fully saturated rings. The largest absolute Gasteiger partial charge is 0.467 e. The minimum absolute atomic E-state index is 0.0649. The van der Waals surface area contributed by atoms with E-state index in [1.54, 1.807) is 4.68 Å². The molecule has 2 aliphatic rings. The number of carbonyl (C=O) groups is 2. The van der Waals surface area contributed by atoms with E-state index in [1.165, 1.54) is 18.9 Å². The number of hydrogen-bond donors (Lipinski definition) is 1. The smallest absolute Gasteiger partial charge is 0.407 e. The van der Waals surface area contributed by atoms with Crippen LogP contribution in [0.5, 0.6) is 0 Å². The van der Waals surface area contributed by atoms with Crippen LogP contribution >= 0.6 is 11.8 Å². The first-order chi connectivity index (χ1) is 30.0. The molecule has 1 saturated heterocycles. The van der Waals surface area contributed by atoms with Gasteiger partial charge in [-0.15, -0.1) is 5.10 Å². The number of esters is 1. The Kier molecular flexibility index (Phi) is 14.1. The Morgan fingerprint density at radius 1 is 0.705 bits per heavy atom. The average Bonchev–Trinajstić information content (AvgIpc) is 3.99. The molecule has 1 aromatic heterocycles. The van der Waals surface area contributed by atoms with E-state index in [-0.39, 0.29) is 31.4 Å². The third-order valence-corrected chi connectivity index (χ3v) is 11.8. The van der Waals surface area contributed by atoms with Crippen molar-refractivity contribution in [3.8, 4) is 11.1 Å². The summed E-state index contributed by atoms with van der Waals surface area (Å²) < 4.78 is 38.6. The average molecular weight is 842 g/mol. The highest BCUT2D eigenvalue weighted by molar-refractivity contribution is 7.99. The summed E-state index contributed by atoms with van der Waals surface area (Å²) in [5.74, 6) is -0.703. The van der Waals surface area contributed by atoms with Crippen molar-refractivity contribution in [2.24, 2.45) is 0 Å². The van der Waals surface area contributed by atoms with E-state index >= 15 is 0 Å². The summed E-state index contributed by atoms with van der Waals surface area (Å²) in [5.41, 5.74) is 7.47. The molecule has 5 aromatic carbocycles. The number of rotatable bonds is 19. The quantitative estimate of drug-likeness (QED) is 0.0662. The molecule has 61 heavy (non-hydrogen) atoms. The van der Waals surface area contributed by atoms with Crippen LogP contribution in [0.3, 0.4) is 0 Å². The van der Waals surface area contributed by atoms with Crippen LogP contribution in [0.1, 0.15) is 33.7 Å². The maximum absolute atomic E-state index is 13.2. The number of amides is 1. The number of carbonyl (C=O) groups excluding carboxylic acids is 2. The Hall–Kier alpha value is -5.90. The molecular formula is C47H47N5O8S. The first-order valence-electron chi connectivity index (χ1n) is 20.2. The molecule has 0 radical (unpaired) electrons. The third kappa shape index (κ3) is 10.5. The zero-order chi connectivity index (χ0) is 41.8. The van der Waals surface area contributed by atoms with Gasteiger partial charge in [0.2, 0.25) is 5.16 Å². The summed E-state index contributed by atoms with van der Waals surface area (Å²) in [5, 5.41) is 15.6. The van der Waals surface area contributed by atoms with Crippen molar-refractivity contribution in [2.45, 2.75) is 67.9 Å². The first-order valence-corrected chi connectivity index (χ1v) is 21.2. The summed E-state index contributed by atoms with van der Waals surface area (Å²) >= 11 is 1.19. The van der Waals surface area contributed by atoms with Gasteiger partial charge in [0, 0.05) is 11.7 Å². The van der Waals surface area contributed by atoms with Gasteiger partial charge in [-0.25, -0.2) is 14.3 Å². The molecule has 1 aliphatic carbocycles. The highest BCUT2D eigenvalue weighted by atomic mass is 32.2. The van der Waals surface area contributed by atoms with Gasteiger partial charge in [-0.1, -0.05) is 151 Å². The predicted octanol–water partition coefficient (Wildman–Crippen LogP) is 7.00. The molecule has 314 valence electrons. The van der Waals surface area contributed by atoms with E-state index in [1.807, 2.05) is 127 Å². The topological polar surface area (TPSA) is 145 Å². The van der Waals surface area contributed by atoms with Crippen molar-refractivity contribution < 1.29 is 38.0 Å². The van der Waals surface area contributed by atoms with Crippen LogP contribution < -0.4 is 5.32 Å². The number of ether oxygens (including phenoxy) is 6. The van der Waals surface area contributed by atoms with Crippen molar-refractivity contribution in [3.63, 3.8) is 0 Å². The summed E-state index contributed by atoms with van der Waals surface area (Å²) in [7, 11) is 1.27. The molecule has 0 spiro atoms. The first kappa shape index (κ1) is 41.8. The van der Waals surface area contributed by atoms with Crippen molar-refractivity contribution in [1.82, 2.24) is 25.5 Å². The molecule has 6 aromatic rings. The van der Waals surface area contributed by atoms with Crippen molar-refractivity contribution in [1.29, 1.82) is 0 Å². The van der Waals surface area contributed by atoms with E-state index in [0.29, 0.717) is 25.0 Å². The lowest BCUT2D eigenvalue weighted by molar-refractivity contribution is -0.142. The van der Waals surface area contributed by atoms with Crippen LogP contribution in [0, 0.1) is 0 Å². The van der Waals surface area contributed by atoms with Gasteiger partial charge >= 0.3 is 12.1 Å². The molecule has 1 aliphatic heterocycles. The molecule has 13 nitrogen and oxygen atoms in total. The normalized spacial score (nSPS) is 18.6. The second-order valence-electron chi connectivity index (χ2n) is 14.7. The Morgan fingerprint density at radius 3 is 1.84 bits per heavy atom. The minimum atomic E-state index is -1.05. The lowest BCUT2D eigenvalue weighted by Gasteiger charge is -2.25. The number of fused-ring (bicyclic) bond motifs is 3. The summed E-state index contributed by atoms with van der Waals surface area (Å²) in [6, 6.07) is 45.0. The van der Waals surface area contributed by atoms with Gasteiger partial charge in [0.15, 0.2) is 0 Å². The second kappa shape index (κ2) is 20.6. The lowest BCUT2D eigenvalue weighted by Crippen LogP contribution is -2.44. The standard InChI is InChI=1S/C47H47N5O8S/c1-55-45(53)40(48-47(54)59-29-39-37-23-13-11-21-35(37)36-22-12-14-24-38(36)39)31-61-46-49-50-51-52(46)25-41-43(57-27-33-17-7-3-8-18-33)44(58-28-34-19-9-4-10-20-34)42(60-41)30-56-26-32-15-5-2-6-16-32/h2-24,39-44H,25-31H2,1H3,(H,48,54)/t40-,41+,42+,43-,44+/m0/s1. The van der Waals surface area contributed by atoms with Crippen LogP contribution in [-0.2, 0) is 59.6 Å². The number of methoxy groups -OCH3 is 1. The van der Waals surface area contributed by atoms with Gasteiger partial charge in [0.05, 0.1) is 40.1 Å². The third-order valence-electron chi connectivity index (χ3n) is 10.7. The fourth-order valence-electron chi connectivity index (χ4n) is 7.72. The molecule has 1 amide bonds. The fraction of sp³-hybridized carbons (Fsp3) is 0.298. The zero-order valence-corrected chi connectivity index (χ0v) is 34.5. The van der Waals surface area contributed by atoms with Crippen LogP contribution in [-0.4, -0.2) is 88.8 Å². The highest BCUT2D eigenvalue weighted by Crippen LogP contribution is 2.44. The molecular weight excluding hydrogens is 795 g/mol. The van der Waals surface area contributed by atoms with Crippen LogP contribution in [0.25, 0.3) is 11.1 Å². The van der Waals surface area contributed by atoms with Crippen LogP contribution in [0.15, 0.2) is 145 Å². The number of thioether (sulfide) groups is 1. The predicted molar refractivity (Wildman–Crippen MR) is 227 cm³/mol. The number of nitrogens with zero attached hydrogens (tertiary/aromatic N) is 4. The van der Waals surface area contributed by atoms with Crippen molar-refractivity contribution in [2.75, 3.05) is 26.1 Å². The van der Waals surface area contributed by atoms with E-state index in [2.05, 4.69) is 33.0 Å². The Labute approximate surface area is 358 Å².